The molecule has 1 aliphatic rings. The fraction of sp³-hybridized carbons (Fsp3) is 0.318. The van der Waals surface area contributed by atoms with E-state index in [1.807, 2.05) is 0 Å². The quantitative estimate of drug-likeness (QED) is 0.551. The molecule has 0 radical (unpaired) electrons. The minimum Gasteiger partial charge on any atom is -0.396 e. The Balaban J connectivity index is 1.59. The van der Waals surface area contributed by atoms with Crippen molar-refractivity contribution in [2.45, 2.75) is 12.8 Å². The van der Waals surface area contributed by atoms with Gasteiger partial charge in [0.15, 0.2) is 0 Å². The van der Waals surface area contributed by atoms with Crippen LogP contribution in [0.2, 0.25) is 0 Å². The molecule has 1 aromatic heterocycles. The molecule has 3 N–H and O–H groups in total. The molecule has 0 unspecified atom stereocenters. The van der Waals surface area contributed by atoms with E-state index in [9.17, 15) is 23.1 Å². The molecule has 5 nitrogen and oxygen atoms in total. The number of fused-ring (bicyclic) bond motifs is 1. The number of hydrogen-bond donors (Lipinski definition) is 3. The Morgan fingerprint density at radius 1 is 1.13 bits per heavy atom. The molecule has 0 bridgehead atoms. The molecule has 1 saturated heterocycles. The average molecular weight is 418 g/mol. The number of H-pyrrole nitrogens is 1. The fourth-order valence-corrected chi connectivity index (χ4v) is 3.65. The Morgan fingerprint density at radius 2 is 1.87 bits per heavy atom. The van der Waals surface area contributed by atoms with Gasteiger partial charge in [0.25, 0.3) is 0 Å². The molecule has 0 spiro atoms. The maximum atomic E-state index is 14.3. The molecule has 8 heteroatoms. The van der Waals surface area contributed by atoms with Gasteiger partial charge in [0, 0.05) is 30.1 Å². The highest BCUT2D eigenvalue weighted by Crippen LogP contribution is 2.33. The van der Waals surface area contributed by atoms with Gasteiger partial charge in [-0.25, -0.2) is 13.2 Å². The van der Waals surface area contributed by atoms with Crippen molar-refractivity contribution in [3.8, 4) is 11.3 Å². The number of carbonyl (C=O) groups excluding carboxylic acids is 1. The Labute approximate surface area is 170 Å². The smallest absolute Gasteiger partial charge is 0.220 e. The Morgan fingerprint density at radius 3 is 2.50 bits per heavy atom. The van der Waals surface area contributed by atoms with Gasteiger partial charge in [-0.3, -0.25) is 4.79 Å². The van der Waals surface area contributed by atoms with Gasteiger partial charge in [-0.15, -0.1) is 0 Å². The second kappa shape index (κ2) is 8.12. The Bertz CT molecular complexity index is 1070. The molecule has 3 aromatic rings. The number of aromatic nitrogens is 1. The highest BCUT2D eigenvalue weighted by Gasteiger charge is 2.38. The van der Waals surface area contributed by atoms with Crippen LogP contribution in [0, 0.1) is 22.9 Å². The van der Waals surface area contributed by atoms with Crippen molar-refractivity contribution in [1.29, 1.82) is 0 Å². The van der Waals surface area contributed by atoms with Gasteiger partial charge in [-0.2, -0.15) is 0 Å². The van der Waals surface area contributed by atoms with Crippen LogP contribution < -0.4 is 5.32 Å². The summed E-state index contributed by atoms with van der Waals surface area (Å²) in [6, 6.07) is 7.66. The first-order valence-electron chi connectivity index (χ1n) is 9.62. The van der Waals surface area contributed by atoms with E-state index in [1.54, 1.807) is 12.1 Å². The molecule has 1 fully saturated rings. The van der Waals surface area contributed by atoms with Crippen molar-refractivity contribution in [2.24, 2.45) is 5.41 Å². The van der Waals surface area contributed by atoms with Crippen molar-refractivity contribution in [2.75, 3.05) is 26.4 Å². The first kappa shape index (κ1) is 20.4. The van der Waals surface area contributed by atoms with Crippen LogP contribution in [0.25, 0.3) is 22.2 Å². The molecule has 30 heavy (non-hydrogen) atoms. The van der Waals surface area contributed by atoms with Crippen LogP contribution in [0.4, 0.5) is 13.2 Å². The summed E-state index contributed by atoms with van der Waals surface area (Å²) in [6.45, 7) is 0.992. The van der Waals surface area contributed by atoms with E-state index in [-0.39, 0.29) is 30.9 Å². The molecule has 2 heterocycles. The number of aromatic amines is 1. The maximum absolute atomic E-state index is 14.3. The SMILES string of the molecule is O=C(CCc1c(-c2ccc(F)cc2)[nH]c2c(F)cc(F)cc12)NCC1(CO)COC1. The molecule has 4 rings (SSSR count). The van der Waals surface area contributed by atoms with Crippen LogP contribution in [0.1, 0.15) is 12.0 Å². The lowest BCUT2D eigenvalue weighted by Crippen LogP contribution is -2.53. The minimum atomic E-state index is -0.737. The normalized spacial score (nSPS) is 15.2. The van der Waals surface area contributed by atoms with Crippen LogP contribution in [-0.4, -0.2) is 42.4 Å². The second-order valence-corrected chi connectivity index (χ2v) is 7.72. The molecule has 0 saturated carbocycles. The largest absolute Gasteiger partial charge is 0.396 e. The van der Waals surface area contributed by atoms with Crippen LogP contribution in [-0.2, 0) is 16.0 Å². The van der Waals surface area contributed by atoms with Crippen LogP contribution in [0.5, 0.6) is 0 Å². The third-order valence-electron chi connectivity index (χ3n) is 5.48. The van der Waals surface area contributed by atoms with Gasteiger partial charge in [-0.05, 0) is 47.9 Å². The maximum Gasteiger partial charge on any atom is 0.220 e. The third-order valence-corrected chi connectivity index (χ3v) is 5.48. The van der Waals surface area contributed by atoms with E-state index >= 15 is 0 Å². The van der Waals surface area contributed by atoms with E-state index in [0.29, 0.717) is 42.0 Å². The molecule has 158 valence electrons. The number of aliphatic hydroxyl groups excluding tert-OH is 1. The first-order valence-corrected chi connectivity index (χ1v) is 9.62. The number of aryl methyl sites for hydroxylation is 1. The van der Waals surface area contributed by atoms with Crippen LogP contribution in [0.3, 0.4) is 0 Å². The monoisotopic (exact) mass is 418 g/mol. The van der Waals surface area contributed by atoms with E-state index in [1.165, 1.54) is 18.2 Å². The summed E-state index contributed by atoms with van der Waals surface area (Å²) in [5.41, 5.74) is 1.39. The summed E-state index contributed by atoms with van der Waals surface area (Å²) in [5, 5.41) is 12.6. The number of amides is 1. The number of ether oxygens (including phenoxy) is 1. The van der Waals surface area contributed by atoms with E-state index in [0.717, 1.165) is 6.07 Å². The Hall–Kier alpha value is -2.84. The van der Waals surface area contributed by atoms with Crippen molar-refractivity contribution in [3.05, 3.63) is 59.4 Å². The van der Waals surface area contributed by atoms with Gasteiger partial charge >= 0.3 is 0 Å². The lowest BCUT2D eigenvalue weighted by Gasteiger charge is -2.39. The van der Waals surface area contributed by atoms with Crippen LogP contribution in [0.15, 0.2) is 36.4 Å². The lowest BCUT2D eigenvalue weighted by molar-refractivity contribution is -0.140. The molecule has 1 amide bonds. The number of carbonyl (C=O) groups is 1. The predicted molar refractivity (Wildman–Crippen MR) is 105 cm³/mol. The molecular formula is C22H21F3N2O3. The minimum absolute atomic E-state index is 0.0804. The molecule has 1 aliphatic heterocycles. The molecular weight excluding hydrogens is 397 g/mol. The summed E-state index contributed by atoms with van der Waals surface area (Å²) in [5.74, 6) is -2.11. The molecule has 0 aliphatic carbocycles. The zero-order chi connectivity index (χ0) is 21.3. The van der Waals surface area contributed by atoms with Gasteiger partial charge in [0.1, 0.15) is 17.5 Å². The summed E-state index contributed by atoms with van der Waals surface area (Å²) in [6.07, 6.45) is 0.311. The van der Waals surface area contributed by atoms with Crippen LogP contribution >= 0.6 is 0 Å². The lowest BCUT2D eigenvalue weighted by atomic mass is 9.87. The van der Waals surface area contributed by atoms with Gasteiger partial charge in [0.05, 0.1) is 30.8 Å². The first-order chi connectivity index (χ1) is 14.4. The zero-order valence-corrected chi connectivity index (χ0v) is 16.1. The number of nitrogens with one attached hydrogen (secondary N) is 2. The van der Waals surface area contributed by atoms with Crippen molar-refractivity contribution < 1.29 is 27.8 Å². The predicted octanol–water partition coefficient (Wildman–Crippen LogP) is 3.31. The zero-order valence-electron chi connectivity index (χ0n) is 16.1. The van der Waals surface area contributed by atoms with E-state index < -0.39 is 22.9 Å². The fourth-order valence-electron chi connectivity index (χ4n) is 3.65. The summed E-state index contributed by atoms with van der Waals surface area (Å²) < 4.78 is 46.6. The number of halogens is 3. The number of hydrogen-bond acceptors (Lipinski definition) is 3. The van der Waals surface area contributed by atoms with E-state index in [2.05, 4.69) is 10.3 Å². The third kappa shape index (κ3) is 3.93. The van der Waals surface area contributed by atoms with Crippen molar-refractivity contribution in [3.63, 3.8) is 0 Å². The average Bonchev–Trinajstić information content (AvgIpc) is 3.05. The Kier molecular flexibility index (Phi) is 5.53. The highest BCUT2D eigenvalue weighted by atomic mass is 19.1. The number of rotatable bonds is 7. The number of benzene rings is 2. The van der Waals surface area contributed by atoms with Gasteiger partial charge < -0.3 is 20.1 Å². The molecule has 2 aromatic carbocycles. The van der Waals surface area contributed by atoms with Crippen molar-refractivity contribution >= 4 is 16.8 Å². The molecule has 0 atom stereocenters. The second-order valence-electron chi connectivity index (χ2n) is 7.72. The standard InChI is InChI=1S/C22H21F3N2O3/c23-14-3-1-13(2-4-14)20-16(17-7-15(24)8-18(25)21(17)27-20)5-6-19(29)26-9-22(10-28)11-30-12-22/h1-4,7-8,27-28H,5-6,9-12H2,(H,26,29). The summed E-state index contributed by atoms with van der Waals surface area (Å²) in [7, 11) is 0. The van der Waals surface area contributed by atoms with E-state index in [4.69, 9.17) is 4.74 Å². The topological polar surface area (TPSA) is 74.4 Å². The summed E-state index contributed by atoms with van der Waals surface area (Å²) >= 11 is 0. The summed E-state index contributed by atoms with van der Waals surface area (Å²) in [4.78, 5) is 15.3. The van der Waals surface area contributed by atoms with Gasteiger partial charge in [0.2, 0.25) is 5.91 Å². The number of aliphatic hydroxyl groups is 1. The van der Waals surface area contributed by atoms with Crippen molar-refractivity contribution in [1.82, 2.24) is 10.3 Å². The highest BCUT2D eigenvalue weighted by molar-refractivity contribution is 5.92. The van der Waals surface area contributed by atoms with Gasteiger partial charge in [-0.1, -0.05) is 0 Å².